The van der Waals surface area contributed by atoms with Crippen molar-refractivity contribution < 1.29 is 10.0 Å². The Balaban J connectivity index is 2.30. The predicted octanol–water partition coefficient (Wildman–Crippen LogP) is 1.85. The van der Waals surface area contributed by atoms with E-state index in [9.17, 15) is 15.2 Å². The highest BCUT2D eigenvalue weighted by atomic mass is 32.1. The minimum Gasteiger partial charge on any atom is -0.388 e. The molecule has 1 saturated heterocycles. The Kier molecular flexibility index (Phi) is 4.07. The van der Waals surface area contributed by atoms with Crippen molar-refractivity contribution in [3.63, 3.8) is 0 Å². The number of aliphatic hydroxyl groups is 1. The number of anilines is 1. The summed E-state index contributed by atoms with van der Waals surface area (Å²) in [5.74, 6) is 0. The van der Waals surface area contributed by atoms with Gasteiger partial charge in [0.1, 0.15) is 0 Å². The van der Waals surface area contributed by atoms with Gasteiger partial charge in [-0.1, -0.05) is 0 Å². The molecule has 0 aliphatic carbocycles. The second kappa shape index (κ2) is 5.44. The minimum atomic E-state index is -0.665. The average molecular weight is 285 g/mol. The molecule has 0 aromatic carbocycles. The molecule has 1 aromatic rings. The van der Waals surface area contributed by atoms with Crippen molar-refractivity contribution in [1.82, 2.24) is 4.90 Å². The van der Waals surface area contributed by atoms with Crippen LogP contribution >= 0.6 is 11.3 Å². The first kappa shape index (κ1) is 14.2. The lowest BCUT2D eigenvalue weighted by Gasteiger charge is -2.37. The summed E-state index contributed by atoms with van der Waals surface area (Å²) < 4.78 is 0. The molecule has 1 aliphatic rings. The number of nitro groups is 1. The van der Waals surface area contributed by atoms with E-state index in [1.165, 1.54) is 17.4 Å². The summed E-state index contributed by atoms with van der Waals surface area (Å²) in [4.78, 5) is 15.7. The van der Waals surface area contributed by atoms with Crippen molar-refractivity contribution >= 4 is 22.0 Å². The van der Waals surface area contributed by atoms with Crippen LogP contribution in [0.15, 0.2) is 6.07 Å². The molecule has 1 unspecified atom stereocenters. The molecule has 0 amide bonds. The van der Waals surface area contributed by atoms with Gasteiger partial charge in [0.2, 0.25) is 0 Å². The lowest BCUT2D eigenvalue weighted by Crippen LogP contribution is -2.50. The van der Waals surface area contributed by atoms with E-state index < -0.39 is 6.10 Å². The summed E-state index contributed by atoms with van der Waals surface area (Å²) in [5, 5.41) is 21.4. The summed E-state index contributed by atoms with van der Waals surface area (Å²) in [6.07, 6.45) is -0.665. The van der Waals surface area contributed by atoms with Gasteiger partial charge in [0.05, 0.1) is 11.0 Å². The smallest absolute Gasteiger partial charge is 0.304 e. The Bertz CT molecular complexity index is 475. The average Bonchev–Trinajstić information content (AvgIpc) is 2.78. The van der Waals surface area contributed by atoms with E-state index in [2.05, 4.69) is 23.8 Å². The van der Waals surface area contributed by atoms with Gasteiger partial charge in [-0.2, -0.15) is 0 Å². The van der Waals surface area contributed by atoms with E-state index in [0.717, 1.165) is 19.6 Å². The molecule has 1 aromatic heterocycles. The Morgan fingerprint density at radius 2 is 2.26 bits per heavy atom. The molecule has 19 heavy (non-hydrogen) atoms. The molecule has 2 atom stereocenters. The van der Waals surface area contributed by atoms with E-state index in [-0.39, 0.29) is 10.6 Å². The van der Waals surface area contributed by atoms with Crippen LogP contribution in [0.3, 0.4) is 0 Å². The van der Waals surface area contributed by atoms with E-state index in [1.807, 2.05) is 0 Å². The Hall–Kier alpha value is -1.18. The predicted molar refractivity (Wildman–Crippen MR) is 75.9 cm³/mol. The molecule has 1 N–H and O–H groups in total. The number of nitrogens with zero attached hydrogens (tertiary/aromatic N) is 3. The van der Waals surface area contributed by atoms with E-state index in [1.54, 1.807) is 6.92 Å². The number of hydrogen-bond donors (Lipinski definition) is 1. The Morgan fingerprint density at radius 1 is 1.58 bits per heavy atom. The fraction of sp³-hybridized carbons (Fsp3) is 0.667. The summed E-state index contributed by atoms with van der Waals surface area (Å²) >= 11 is 1.32. The van der Waals surface area contributed by atoms with Crippen LogP contribution in [0.5, 0.6) is 0 Å². The van der Waals surface area contributed by atoms with Gasteiger partial charge in [0.25, 0.3) is 0 Å². The van der Waals surface area contributed by atoms with Gasteiger partial charge in [-0.25, -0.2) is 0 Å². The SMILES string of the molecule is CC1CN(c2sc([C@H](C)O)cc2[N+](=O)[O-])CCN1C. The highest BCUT2D eigenvalue weighted by Crippen LogP contribution is 2.40. The number of piperazine rings is 1. The van der Waals surface area contributed by atoms with E-state index in [0.29, 0.717) is 15.9 Å². The fourth-order valence-corrected chi connectivity index (χ4v) is 3.28. The van der Waals surface area contributed by atoms with Crippen LogP contribution in [-0.2, 0) is 0 Å². The summed E-state index contributed by atoms with van der Waals surface area (Å²) in [7, 11) is 2.06. The highest BCUT2D eigenvalue weighted by molar-refractivity contribution is 7.16. The third-order valence-corrected chi connectivity index (χ3v) is 4.92. The van der Waals surface area contributed by atoms with Gasteiger partial charge in [-0.05, 0) is 20.9 Å². The van der Waals surface area contributed by atoms with Crippen LogP contribution in [0.4, 0.5) is 10.7 Å². The maximum atomic E-state index is 11.1. The molecule has 7 heteroatoms. The van der Waals surface area contributed by atoms with Crippen molar-refractivity contribution in [2.24, 2.45) is 0 Å². The largest absolute Gasteiger partial charge is 0.388 e. The van der Waals surface area contributed by atoms with Crippen LogP contribution in [0.25, 0.3) is 0 Å². The lowest BCUT2D eigenvalue weighted by molar-refractivity contribution is -0.383. The zero-order chi connectivity index (χ0) is 14.2. The monoisotopic (exact) mass is 285 g/mol. The molecule has 1 fully saturated rings. The first-order valence-electron chi connectivity index (χ1n) is 6.31. The summed E-state index contributed by atoms with van der Waals surface area (Å²) in [5.41, 5.74) is 0.109. The fourth-order valence-electron chi connectivity index (χ4n) is 2.19. The normalized spacial score (nSPS) is 22.5. The van der Waals surface area contributed by atoms with Gasteiger partial charge < -0.3 is 14.9 Å². The number of aliphatic hydroxyl groups excluding tert-OH is 1. The quantitative estimate of drug-likeness (QED) is 0.678. The second-order valence-corrected chi connectivity index (χ2v) is 6.11. The zero-order valence-electron chi connectivity index (χ0n) is 11.4. The third-order valence-electron chi connectivity index (χ3n) is 3.57. The van der Waals surface area contributed by atoms with Crippen LogP contribution in [-0.4, -0.2) is 47.7 Å². The van der Waals surface area contributed by atoms with Gasteiger partial charge >= 0.3 is 5.69 Å². The Labute approximate surface area is 116 Å². The van der Waals surface area contributed by atoms with Crippen LogP contribution in [0, 0.1) is 10.1 Å². The first-order valence-corrected chi connectivity index (χ1v) is 7.13. The number of likely N-dealkylation sites (N-methyl/N-ethyl adjacent to an activating group) is 1. The van der Waals surface area contributed by atoms with Crippen molar-refractivity contribution in [3.05, 3.63) is 21.1 Å². The highest BCUT2D eigenvalue weighted by Gasteiger charge is 2.29. The van der Waals surface area contributed by atoms with Gasteiger partial charge in [0, 0.05) is 36.6 Å². The molecular weight excluding hydrogens is 266 g/mol. The van der Waals surface area contributed by atoms with Gasteiger partial charge in [-0.15, -0.1) is 11.3 Å². The van der Waals surface area contributed by atoms with Crippen molar-refractivity contribution in [2.45, 2.75) is 26.0 Å². The lowest BCUT2D eigenvalue weighted by atomic mass is 10.2. The van der Waals surface area contributed by atoms with Crippen LogP contribution < -0.4 is 4.90 Å². The summed E-state index contributed by atoms with van der Waals surface area (Å²) in [6, 6.07) is 1.86. The molecule has 1 aliphatic heterocycles. The molecule has 0 bridgehead atoms. The molecule has 0 radical (unpaired) electrons. The van der Waals surface area contributed by atoms with Crippen LogP contribution in [0.2, 0.25) is 0 Å². The number of thiophene rings is 1. The molecule has 0 saturated carbocycles. The van der Waals surface area contributed by atoms with Crippen molar-refractivity contribution in [3.8, 4) is 0 Å². The summed E-state index contributed by atoms with van der Waals surface area (Å²) in [6.45, 7) is 6.19. The molecule has 106 valence electrons. The maximum absolute atomic E-state index is 11.1. The van der Waals surface area contributed by atoms with Crippen LogP contribution in [0.1, 0.15) is 24.8 Å². The molecule has 2 heterocycles. The number of hydrogen-bond acceptors (Lipinski definition) is 6. The van der Waals surface area contributed by atoms with E-state index in [4.69, 9.17) is 0 Å². The minimum absolute atomic E-state index is 0.109. The maximum Gasteiger partial charge on any atom is 0.304 e. The number of rotatable bonds is 3. The molecular formula is C12H19N3O3S. The topological polar surface area (TPSA) is 69.8 Å². The van der Waals surface area contributed by atoms with Crippen molar-refractivity contribution in [1.29, 1.82) is 0 Å². The van der Waals surface area contributed by atoms with Crippen molar-refractivity contribution in [2.75, 3.05) is 31.6 Å². The third kappa shape index (κ3) is 2.88. The zero-order valence-corrected chi connectivity index (χ0v) is 12.2. The standard InChI is InChI=1S/C12H19N3O3S/c1-8-7-14(5-4-13(8)3)12-10(15(17)18)6-11(19-12)9(2)16/h6,8-9,16H,4-5,7H2,1-3H3/t8?,9-/m0/s1. The molecule has 0 spiro atoms. The van der Waals surface area contributed by atoms with Gasteiger partial charge in [-0.3, -0.25) is 10.1 Å². The second-order valence-electron chi connectivity index (χ2n) is 5.05. The van der Waals surface area contributed by atoms with Gasteiger partial charge in [0.15, 0.2) is 5.00 Å². The first-order chi connectivity index (χ1) is 8.90. The van der Waals surface area contributed by atoms with E-state index >= 15 is 0 Å². The Morgan fingerprint density at radius 3 is 2.79 bits per heavy atom. The molecule has 6 nitrogen and oxygen atoms in total. The molecule has 2 rings (SSSR count).